The predicted molar refractivity (Wildman–Crippen MR) is 96.7 cm³/mol. The van der Waals surface area contributed by atoms with E-state index in [2.05, 4.69) is 15.0 Å². The number of thioether (sulfide) groups is 1. The van der Waals surface area contributed by atoms with Gasteiger partial charge in [-0.05, 0) is 42.3 Å². The van der Waals surface area contributed by atoms with Crippen LogP contribution in [0.5, 0.6) is 0 Å². The molecular weight excluding hydrogens is 377 g/mol. The molecular formula is C17H18FN3O3S2. The predicted octanol–water partition coefficient (Wildman–Crippen LogP) is 2.24. The summed E-state index contributed by atoms with van der Waals surface area (Å²) in [5, 5.41) is 2.86. The first-order valence-corrected chi connectivity index (χ1v) is 10.5. The second-order valence-corrected chi connectivity index (χ2v) is 8.68. The number of nitrogens with zero attached hydrogens (tertiary/aromatic N) is 1. The molecule has 1 aliphatic rings. The number of halogens is 1. The molecule has 0 spiro atoms. The number of nitrogens with one attached hydrogen (secondary N) is 2. The minimum atomic E-state index is -3.69. The highest BCUT2D eigenvalue weighted by molar-refractivity contribution is 7.99. The van der Waals surface area contributed by atoms with Crippen LogP contribution >= 0.6 is 11.8 Å². The second kappa shape index (κ2) is 8.15. The maximum atomic E-state index is 13.5. The van der Waals surface area contributed by atoms with Crippen molar-refractivity contribution in [2.45, 2.75) is 28.7 Å². The zero-order chi connectivity index (χ0) is 18.6. The maximum absolute atomic E-state index is 13.5. The van der Waals surface area contributed by atoms with Gasteiger partial charge in [-0.25, -0.2) is 17.5 Å². The molecule has 138 valence electrons. The normalized spacial score (nSPS) is 16.7. The van der Waals surface area contributed by atoms with E-state index >= 15 is 0 Å². The van der Waals surface area contributed by atoms with Gasteiger partial charge in [0.2, 0.25) is 15.9 Å². The lowest BCUT2D eigenvalue weighted by atomic mass is 10.0. The van der Waals surface area contributed by atoms with E-state index in [1.54, 1.807) is 17.8 Å². The van der Waals surface area contributed by atoms with Crippen molar-refractivity contribution >= 4 is 27.7 Å². The third-order valence-electron chi connectivity index (χ3n) is 3.94. The van der Waals surface area contributed by atoms with Gasteiger partial charge >= 0.3 is 0 Å². The van der Waals surface area contributed by atoms with Gasteiger partial charge < -0.3 is 5.32 Å². The van der Waals surface area contributed by atoms with Gasteiger partial charge in [0.05, 0.1) is 6.04 Å². The Morgan fingerprint density at radius 1 is 1.35 bits per heavy atom. The fourth-order valence-electron chi connectivity index (χ4n) is 2.67. The summed E-state index contributed by atoms with van der Waals surface area (Å²) < 4.78 is 40.0. The molecule has 1 atom stereocenters. The molecule has 1 aromatic carbocycles. The number of sulfonamides is 1. The van der Waals surface area contributed by atoms with Crippen LogP contribution in [-0.4, -0.2) is 31.6 Å². The van der Waals surface area contributed by atoms with Crippen LogP contribution in [0.3, 0.4) is 0 Å². The molecule has 0 bridgehead atoms. The quantitative estimate of drug-likeness (QED) is 0.783. The topological polar surface area (TPSA) is 88.2 Å². The third kappa shape index (κ3) is 4.60. The third-order valence-corrected chi connectivity index (χ3v) is 6.50. The molecule has 2 heterocycles. The number of fused-ring (bicyclic) bond motifs is 1. The zero-order valence-corrected chi connectivity index (χ0v) is 15.4. The van der Waals surface area contributed by atoms with Gasteiger partial charge in [0.25, 0.3) is 0 Å². The van der Waals surface area contributed by atoms with E-state index in [0.29, 0.717) is 6.42 Å². The second-order valence-electron chi connectivity index (χ2n) is 5.78. The number of pyridine rings is 1. The van der Waals surface area contributed by atoms with E-state index in [1.165, 1.54) is 36.7 Å². The molecule has 0 saturated carbocycles. The lowest BCUT2D eigenvalue weighted by Crippen LogP contribution is -2.34. The molecule has 2 aromatic rings. The van der Waals surface area contributed by atoms with Gasteiger partial charge in [-0.15, -0.1) is 11.8 Å². The minimum absolute atomic E-state index is 0.00617. The molecule has 1 unspecified atom stereocenters. The standard InChI is InChI=1S/C17H18FN3O3S2/c18-12-3-4-16-14(10-12)15(6-9-25-16)21-17(22)5-8-20-26(23,24)13-2-1-7-19-11-13/h1-4,7,10-11,15,20H,5-6,8-9H2,(H,21,22). The highest BCUT2D eigenvalue weighted by Gasteiger charge is 2.23. The van der Waals surface area contributed by atoms with Crippen LogP contribution < -0.4 is 10.0 Å². The molecule has 0 fully saturated rings. The molecule has 1 amide bonds. The van der Waals surface area contributed by atoms with E-state index in [1.807, 2.05) is 0 Å². The number of aromatic nitrogens is 1. The van der Waals surface area contributed by atoms with Gasteiger partial charge in [0.1, 0.15) is 10.7 Å². The van der Waals surface area contributed by atoms with Crippen LogP contribution in [0.2, 0.25) is 0 Å². The number of benzene rings is 1. The number of amides is 1. The van der Waals surface area contributed by atoms with Crippen LogP contribution in [-0.2, 0) is 14.8 Å². The number of carbonyl (C=O) groups is 1. The van der Waals surface area contributed by atoms with Crippen molar-refractivity contribution in [3.8, 4) is 0 Å². The molecule has 6 nitrogen and oxygen atoms in total. The molecule has 1 aromatic heterocycles. The summed E-state index contributed by atoms with van der Waals surface area (Å²) in [6, 6.07) is 7.26. The number of carbonyl (C=O) groups excluding carboxylic acids is 1. The molecule has 0 aliphatic carbocycles. The SMILES string of the molecule is O=C(CCNS(=O)(=O)c1cccnc1)NC1CCSc2ccc(F)cc21. The molecule has 26 heavy (non-hydrogen) atoms. The summed E-state index contributed by atoms with van der Waals surface area (Å²) in [4.78, 5) is 16.9. The average Bonchev–Trinajstić information content (AvgIpc) is 2.63. The van der Waals surface area contributed by atoms with Crippen LogP contribution in [0.1, 0.15) is 24.4 Å². The van der Waals surface area contributed by atoms with Crippen molar-refractivity contribution in [3.63, 3.8) is 0 Å². The maximum Gasteiger partial charge on any atom is 0.242 e. The van der Waals surface area contributed by atoms with E-state index in [-0.39, 0.29) is 35.6 Å². The molecule has 2 N–H and O–H groups in total. The monoisotopic (exact) mass is 395 g/mol. The van der Waals surface area contributed by atoms with Gasteiger partial charge in [-0.3, -0.25) is 9.78 Å². The molecule has 1 aliphatic heterocycles. The van der Waals surface area contributed by atoms with E-state index in [9.17, 15) is 17.6 Å². The van der Waals surface area contributed by atoms with E-state index in [0.717, 1.165) is 16.2 Å². The fourth-order valence-corrected chi connectivity index (χ4v) is 4.77. The molecule has 0 saturated heterocycles. The van der Waals surface area contributed by atoms with Crippen LogP contribution in [0, 0.1) is 5.82 Å². The number of hydrogen-bond acceptors (Lipinski definition) is 5. The zero-order valence-electron chi connectivity index (χ0n) is 13.8. The average molecular weight is 395 g/mol. The molecule has 9 heteroatoms. The first-order chi connectivity index (χ1) is 12.5. The van der Waals surface area contributed by atoms with Crippen LogP contribution in [0.4, 0.5) is 4.39 Å². The van der Waals surface area contributed by atoms with Crippen molar-refractivity contribution in [2.24, 2.45) is 0 Å². The smallest absolute Gasteiger partial charge is 0.242 e. The van der Waals surface area contributed by atoms with Gasteiger partial charge in [-0.2, -0.15) is 0 Å². The highest BCUT2D eigenvalue weighted by Crippen LogP contribution is 2.36. The summed E-state index contributed by atoms with van der Waals surface area (Å²) in [7, 11) is -3.69. The summed E-state index contributed by atoms with van der Waals surface area (Å²) >= 11 is 1.63. The van der Waals surface area contributed by atoms with Crippen molar-refractivity contribution < 1.29 is 17.6 Å². The first-order valence-electron chi connectivity index (χ1n) is 8.07. The Morgan fingerprint density at radius 2 is 2.19 bits per heavy atom. The van der Waals surface area contributed by atoms with Gasteiger partial charge in [0.15, 0.2) is 0 Å². The van der Waals surface area contributed by atoms with Gasteiger partial charge in [-0.1, -0.05) is 0 Å². The van der Waals surface area contributed by atoms with Crippen LogP contribution in [0.25, 0.3) is 0 Å². The lowest BCUT2D eigenvalue weighted by Gasteiger charge is -2.26. The first kappa shape index (κ1) is 18.8. The van der Waals surface area contributed by atoms with Crippen molar-refractivity contribution in [1.82, 2.24) is 15.0 Å². The lowest BCUT2D eigenvalue weighted by molar-refractivity contribution is -0.121. The largest absolute Gasteiger partial charge is 0.349 e. The Hall–Kier alpha value is -1.97. The Balaban J connectivity index is 1.55. The Bertz CT molecular complexity index is 891. The van der Waals surface area contributed by atoms with Crippen molar-refractivity contribution in [1.29, 1.82) is 0 Å². The van der Waals surface area contributed by atoms with Crippen molar-refractivity contribution in [2.75, 3.05) is 12.3 Å². The summed E-state index contributed by atoms with van der Waals surface area (Å²) in [5.74, 6) is 0.206. The number of rotatable bonds is 6. The Labute approximate surface area is 155 Å². The Morgan fingerprint density at radius 3 is 2.96 bits per heavy atom. The summed E-state index contributed by atoms with van der Waals surface area (Å²) in [5.41, 5.74) is 0.769. The fraction of sp³-hybridized carbons (Fsp3) is 0.294. The van der Waals surface area contributed by atoms with E-state index < -0.39 is 10.0 Å². The summed E-state index contributed by atoms with van der Waals surface area (Å²) in [6.07, 6.45) is 3.42. The Kier molecular flexibility index (Phi) is 5.90. The molecule has 3 rings (SSSR count). The van der Waals surface area contributed by atoms with Gasteiger partial charge in [0, 0.05) is 36.0 Å². The van der Waals surface area contributed by atoms with E-state index in [4.69, 9.17) is 0 Å². The highest BCUT2D eigenvalue weighted by atomic mass is 32.2. The number of hydrogen-bond donors (Lipinski definition) is 2. The summed E-state index contributed by atoms with van der Waals surface area (Å²) in [6.45, 7) is -0.0272. The minimum Gasteiger partial charge on any atom is -0.349 e. The molecule has 0 radical (unpaired) electrons. The van der Waals surface area contributed by atoms with Crippen molar-refractivity contribution in [3.05, 3.63) is 54.1 Å². The van der Waals surface area contributed by atoms with Crippen LogP contribution in [0.15, 0.2) is 52.5 Å².